The fourth-order valence-corrected chi connectivity index (χ4v) is 1.88. The third-order valence-electron chi connectivity index (χ3n) is 2.17. The zero-order valence-electron chi connectivity index (χ0n) is 8.97. The van der Waals surface area contributed by atoms with Crippen molar-refractivity contribution in [3.8, 4) is 11.5 Å². The molecule has 0 saturated carbocycles. The number of halogens is 2. The fraction of sp³-hybridized carbons (Fsp3) is 0. The fourth-order valence-electron chi connectivity index (χ4n) is 1.38. The van der Waals surface area contributed by atoms with Gasteiger partial charge in [0.15, 0.2) is 0 Å². The smallest absolute Gasteiger partial charge is 0.329 e. The van der Waals surface area contributed by atoms with E-state index in [4.69, 9.17) is 16.3 Å². The minimum absolute atomic E-state index is 0.0506. The molecular weight excluding hydrogens is 321 g/mol. The molecule has 2 aromatic carbocycles. The normalized spacial score (nSPS) is 10.1. The average Bonchev–Trinajstić information content (AvgIpc) is 2.32. The molecule has 2 aromatic rings. The molecule has 0 fully saturated rings. The van der Waals surface area contributed by atoms with Gasteiger partial charge in [-0.2, -0.15) is 0 Å². The van der Waals surface area contributed by atoms with Gasteiger partial charge < -0.3 is 4.74 Å². The molecule has 2 rings (SSSR count). The Labute approximate surface area is 116 Å². The van der Waals surface area contributed by atoms with E-state index in [2.05, 4.69) is 15.9 Å². The molecule has 6 heteroatoms. The third-order valence-corrected chi connectivity index (χ3v) is 3.01. The van der Waals surface area contributed by atoms with Gasteiger partial charge in [0.1, 0.15) is 10.8 Å². The van der Waals surface area contributed by atoms with Crippen LogP contribution >= 0.6 is 27.5 Å². The van der Waals surface area contributed by atoms with Crippen molar-refractivity contribution in [2.45, 2.75) is 0 Å². The quantitative estimate of drug-likeness (QED) is 0.600. The lowest BCUT2D eigenvalue weighted by molar-refractivity contribution is -0.385. The van der Waals surface area contributed by atoms with Gasteiger partial charge in [-0.1, -0.05) is 33.6 Å². The summed E-state index contributed by atoms with van der Waals surface area (Å²) in [5, 5.41) is 11.0. The van der Waals surface area contributed by atoms with Crippen LogP contribution in [0, 0.1) is 10.1 Å². The van der Waals surface area contributed by atoms with Gasteiger partial charge in [-0.3, -0.25) is 10.1 Å². The lowest BCUT2D eigenvalue weighted by atomic mass is 10.3. The number of hydrogen-bond acceptors (Lipinski definition) is 3. The van der Waals surface area contributed by atoms with Crippen LogP contribution in [0.25, 0.3) is 0 Å². The topological polar surface area (TPSA) is 52.4 Å². The summed E-state index contributed by atoms with van der Waals surface area (Å²) in [6.07, 6.45) is 0. The molecule has 0 spiro atoms. The highest BCUT2D eigenvalue weighted by atomic mass is 79.9. The van der Waals surface area contributed by atoms with Crippen molar-refractivity contribution in [2.24, 2.45) is 0 Å². The van der Waals surface area contributed by atoms with Crippen LogP contribution in [0.1, 0.15) is 0 Å². The molecular formula is C12H7BrClNO3. The number of benzene rings is 2. The molecule has 0 aromatic heterocycles. The number of hydrogen-bond donors (Lipinski definition) is 0. The second-order valence-electron chi connectivity index (χ2n) is 3.40. The van der Waals surface area contributed by atoms with Crippen molar-refractivity contribution >= 4 is 33.2 Å². The van der Waals surface area contributed by atoms with Crippen LogP contribution in [0.15, 0.2) is 46.9 Å². The first-order chi connectivity index (χ1) is 8.58. The maximum absolute atomic E-state index is 10.9. The SMILES string of the molecule is O=[N+]([O-])c1c(Cl)cccc1Oc1ccc(Br)cc1. The summed E-state index contributed by atoms with van der Waals surface area (Å²) in [7, 11) is 0. The summed E-state index contributed by atoms with van der Waals surface area (Å²) in [4.78, 5) is 10.4. The van der Waals surface area contributed by atoms with E-state index in [1.54, 1.807) is 30.3 Å². The van der Waals surface area contributed by atoms with E-state index in [0.29, 0.717) is 5.75 Å². The zero-order valence-corrected chi connectivity index (χ0v) is 11.3. The summed E-state index contributed by atoms with van der Waals surface area (Å²) in [5.74, 6) is 0.624. The monoisotopic (exact) mass is 327 g/mol. The van der Waals surface area contributed by atoms with E-state index >= 15 is 0 Å². The number of para-hydroxylation sites is 1. The van der Waals surface area contributed by atoms with E-state index < -0.39 is 4.92 Å². The van der Waals surface area contributed by atoms with Crippen LogP contribution in [-0.2, 0) is 0 Å². The molecule has 0 aliphatic carbocycles. The van der Waals surface area contributed by atoms with Gasteiger partial charge in [0, 0.05) is 4.47 Å². The molecule has 0 aliphatic rings. The Balaban J connectivity index is 2.37. The molecule has 4 nitrogen and oxygen atoms in total. The molecule has 0 N–H and O–H groups in total. The Morgan fingerprint density at radius 3 is 2.44 bits per heavy atom. The highest BCUT2D eigenvalue weighted by molar-refractivity contribution is 9.10. The van der Waals surface area contributed by atoms with Crippen LogP contribution in [0.4, 0.5) is 5.69 Å². The lowest BCUT2D eigenvalue weighted by Gasteiger charge is -2.06. The molecule has 0 saturated heterocycles. The van der Waals surface area contributed by atoms with Crippen LogP contribution < -0.4 is 4.74 Å². The Kier molecular flexibility index (Phi) is 3.84. The van der Waals surface area contributed by atoms with Gasteiger partial charge in [0.2, 0.25) is 5.75 Å². The highest BCUT2D eigenvalue weighted by Crippen LogP contribution is 2.37. The van der Waals surface area contributed by atoms with Crippen LogP contribution in [0.5, 0.6) is 11.5 Å². The van der Waals surface area contributed by atoms with E-state index in [1.165, 1.54) is 12.1 Å². The number of nitro benzene ring substituents is 1. The first-order valence-corrected chi connectivity index (χ1v) is 6.11. The average molecular weight is 329 g/mol. The molecule has 0 aliphatic heterocycles. The molecule has 92 valence electrons. The van der Waals surface area contributed by atoms with Crippen molar-refractivity contribution in [1.82, 2.24) is 0 Å². The van der Waals surface area contributed by atoms with Crippen LogP contribution in [0.2, 0.25) is 5.02 Å². The van der Waals surface area contributed by atoms with Crippen molar-refractivity contribution in [3.63, 3.8) is 0 Å². The number of ether oxygens (including phenoxy) is 1. The number of nitro groups is 1. The predicted molar refractivity (Wildman–Crippen MR) is 72.3 cm³/mol. The van der Waals surface area contributed by atoms with Gasteiger partial charge in [-0.05, 0) is 36.4 Å². The highest BCUT2D eigenvalue weighted by Gasteiger charge is 2.20. The van der Waals surface area contributed by atoms with E-state index in [-0.39, 0.29) is 16.5 Å². The minimum Gasteiger partial charge on any atom is -0.450 e. The molecule has 18 heavy (non-hydrogen) atoms. The summed E-state index contributed by atoms with van der Waals surface area (Å²) < 4.78 is 6.36. The largest absolute Gasteiger partial charge is 0.450 e. The molecule has 0 bridgehead atoms. The van der Waals surface area contributed by atoms with E-state index in [0.717, 1.165) is 4.47 Å². The standard InChI is InChI=1S/C12H7BrClNO3/c13-8-4-6-9(7-5-8)18-11-3-1-2-10(14)12(11)15(16)17/h1-7H. The van der Waals surface area contributed by atoms with Crippen LogP contribution in [0.3, 0.4) is 0 Å². The number of nitrogens with zero attached hydrogens (tertiary/aromatic N) is 1. The predicted octanol–water partition coefficient (Wildman–Crippen LogP) is 4.80. The molecule has 0 unspecified atom stereocenters. The molecule has 0 heterocycles. The van der Waals surface area contributed by atoms with Crippen molar-refractivity contribution in [2.75, 3.05) is 0 Å². The molecule has 0 radical (unpaired) electrons. The van der Waals surface area contributed by atoms with Crippen molar-refractivity contribution in [1.29, 1.82) is 0 Å². The Hall–Kier alpha value is -1.59. The molecule has 0 atom stereocenters. The zero-order chi connectivity index (χ0) is 13.1. The molecule has 0 amide bonds. The summed E-state index contributed by atoms with van der Waals surface area (Å²) in [5.41, 5.74) is -0.234. The Morgan fingerprint density at radius 2 is 1.83 bits per heavy atom. The summed E-state index contributed by atoms with van der Waals surface area (Å²) in [6, 6.07) is 11.5. The van der Waals surface area contributed by atoms with Gasteiger partial charge >= 0.3 is 5.69 Å². The van der Waals surface area contributed by atoms with Crippen molar-refractivity contribution < 1.29 is 9.66 Å². The Bertz CT molecular complexity index is 586. The second-order valence-corrected chi connectivity index (χ2v) is 4.72. The van der Waals surface area contributed by atoms with Gasteiger partial charge in [-0.15, -0.1) is 0 Å². The summed E-state index contributed by atoms with van der Waals surface area (Å²) >= 11 is 9.08. The first kappa shape index (κ1) is 12.9. The van der Waals surface area contributed by atoms with E-state index in [9.17, 15) is 10.1 Å². The third kappa shape index (κ3) is 2.80. The maximum Gasteiger partial charge on any atom is 0.329 e. The minimum atomic E-state index is -0.559. The van der Waals surface area contributed by atoms with Gasteiger partial charge in [-0.25, -0.2) is 0 Å². The Morgan fingerprint density at radius 1 is 1.17 bits per heavy atom. The van der Waals surface area contributed by atoms with Gasteiger partial charge in [0.05, 0.1) is 4.92 Å². The van der Waals surface area contributed by atoms with Gasteiger partial charge in [0.25, 0.3) is 0 Å². The lowest BCUT2D eigenvalue weighted by Crippen LogP contribution is -1.94. The van der Waals surface area contributed by atoms with Crippen molar-refractivity contribution in [3.05, 3.63) is 62.1 Å². The van der Waals surface area contributed by atoms with Crippen LogP contribution in [-0.4, -0.2) is 4.92 Å². The first-order valence-electron chi connectivity index (χ1n) is 4.94. The summed E-state index contributed by atoms with van der Waals surface area (Å²) in [6.45, 7) is 0. The number of rotatable bonds is 3. The maximum atomic E-state index is 10.9. The second kappa shape index (κ2) is 5.37. The van der Waals surface area contributed by atoms with E-state index in [1.807, 2.05) is 0 Å².